The van der Waals surface area contributed by atoms with Crippen molar-refractivity contribution in [3.05, 3.63) is 35.2 Å². The summed E-state index contributed by atoms with van der Waals surface area (Å²) in [5.41, 5.74) is 7.99. The van der Waals surface area contributed by atoms with Gasteiger partial charge in [-0.3, -0.25) is 10.1 Å². The smallest absolute Gasteiger partial charge is 0.0940 e. The SMILES string of the molecule is NCc1cc(-c2ccncc2Cl)n[nH]1. The fourth-order valence-electron chi connectivity index (χ4n) is 1.19. The normalized spacial score (nSPS) is 10.4. The molecule has 2 heterocycles. The van der Waals surface area contributed by atoms with Crippen molar-refractivity contribution in [1.29, 1.82) is 0 Å². The number of hydrogen-bond donors (Lipinski definition) is 2. The summed E-state index contributed by atoms with van der Waals surface area (Å²) in [5, 5.41) is 7.51. The first-order chi connectivity index (χ1) is 6.81. The van der Waals surface area contributed by atoms with Crippen molar-refractivity contribution >= 4 is 11.6 Å². The van der Waals surface area contributed by atoms with Gasteiger partial charge in [0.2, 0.25) is 0 Å². The predicted molar refractivity (Wildman–Crippen MR) is 54.7 cm³/mol. The Labute approximate surface area is 86.1 Å². The number of halogens is 1. The van der Waals surface area contributed by atoms with Gasteiger partial charge in [0.25, 0.3) is 0 Å². The van der Waals surface area contributed by atoms with Crippen LogP contribution in [0.2, 0.25) is 5.02 Å². The van der Waals surface area contributed by atoms with Crippen LogP contribution in [0.25, 0.3) is 11.3 Å². The molecule has 14 heavy (non-hydrogen) atoms. The third-order valence-electron chi connectivity index (χ3n) is 1.90. The largest absolute Gasteiger partial charge is 0.325 e. The Morgan fingerprint density at radius 1 is 1.50 bits per heavy atom. The zero-order valence-corrected chi connectivity index (χ0v) is 8.12. The standard InChI is InChI=1S/C9H9ClN4/c10-8-5-12-2-1-7(8)9-3-6(4-11)13-14-9/h1-3,5H,4,11H2,(H,13,14). The summed E-state index contributed by atoms with van der Waals surface area (Å²) in [5.74, 6) is 0. The summed E-state index contributed by atoms with van der Waals surface area (Å²) in [6.07, 6.45) is 3.27. The van der Waals surface area contributed by atoms with Crippen LogP contribution in [0.4, 0.5) is 0 Å². The van der Waals surface area contributed by atoms with E-state index in [-0.39, 0.29) is 0 Å². The molecule has 2 rings (SSSR count). The zero-order chi connectivity index (χ0) is 9.97. The van der Waals surface area contributed by atoms with Crippen LogP contribution in [0.15, 0.2) is 24.5 Å². The molecule has 0 saturated carbocycles. The average Bonchev–Trinajstić information content (AvgIpc) is 2.67. The topological polar surface area (TPSA) is 67.6 Å². The van der Waals surface area contributed by atoms with Crippen molar-refractivity contribution in [2.24, 2.45) is 5.73 Å². The molecule has 2 aromatic heterocycles. The Bertz CT molecular complexity index is 438. The summed E-state index contributed by atoms with van der Waals surface area (Å²) in [4.78, 5) is 3.90. The van der Waals surface area contributed by atoms with Gasteiger partial charge in [-0.1, -0.05) is 11.6 Å². The fourth-order valence-corrected chi connectivity index (χ4v) is 1.40. The highest BCUT2D eigenvalue weighted by atomic mass is 35.5. The Morgan fingerprint density at radius 2 is 2.36 bits per heavy atom. The Morgan fingerprint density at radius 3 is 3.00 bits per heavy atom. The van der Waals surface area contributed by atoms with Crippen molar-refractivity contribution in [3.8, 4) is 11.3 Å². The van der Waals surface area contributed by atoms with Crippen LogP contribution in [0.5, 0.6) is 0 Å². The second-order valence-electron chi connectivity index (χ2n) is 2.84. The monoisotopic (exact) mass is 208 g/mol. The molecule has 3 N–H and O–H groups in total. The van der Waals surface area contributed by atoms with E-state index in [1.54, 1.807) is 12.4 Å². The number of rotatable bonds is 2. The molecule has 4 nitrogen and oxygen atoms in total. The summed E-state index contributed by atoms with van der Waals surface area (Å²) >= 11 is 5.96. The molecule has 72 valence electrons. The Hall–Kier alpha value is -1.39. The highest BCUT2D eigenvalue weighted by Crippen LogP contribution is 2.24. The van der Waals surface area contributed by atoms with E-state index in [0.29, 0.717) is 11.6 Å². The zero-order valence-electron chi connectivity index (χ0n) is 7.37. The van der Waals surface area contributed by atoms with E-state index in [0.717, 1.165) is 17.0 Å². The quantitative estimate of drug-likeness (QED) is 0.788. The Balaban J connectivity index is 2.44. The van der Waals surface area contributed by atoms with Crippen LogP contribution in [0.1, 0.15) is 5.69 Å². The minimum atomic E-state index is 0.440. The number of nitrogens with zero attached hydrogens (tertiary/aromatic N) is 2. The number of nitrogens with two attached hydrogens (primary N) is 1. The molecule has 5 heteroatoms. The Kier molecular flexibility index (Phi) is 2.47. The van der Waals surface area contributed by atoms with E-state index in [4.69, 9.17) is 17.3 Å². The molecule has 0 unspecified atom stereocenters. The van der Waals surface area contributed by atoms with E-state index < -0.39 is 0 Å². The molecule has 0 saturated heterocycles. The van der Waals surface area contributed by atoms with Gasteiger partial charge in [0, 0.05) is 30.2 Å². The van der Waals surface area contributed by atoms with E-state index in [9.17, 15) is 0 Å². The molecule has 0 atom stereocenters. The lowest BCUT2D eigenvalue weighted by molar-refractivity contribution is 0.948. The number of pyridine rings is 1. The van der Waals surface area contributed by atoms with Gasteiger partial charge in [0.15, 0.2) is 0 Å². The van der Waals surface area contributed by atoms with Gasteiger partial charge in [0.05, 0.1) is 10.7 Å². The summed E-state index contributed by atoms with van der Waals surface area (Å²) in [6, 6.07) is 3.69. The van der Waals surface area contributed by atoms with Gasteiger partial charge in [-0.25, -0.2) is 0 Å². The van der Waals surface area contributed by atoms with Gasteiger partial charge in [-0.15, -0.1) is 0 Å². The van der Waals surface area contributed by atoms with Gasteiger partial charge in [-0.2, -0.15) is 5.10 Å². The molecule has 0 aliphatic rings. The molecular weight excluding hydrogens is 200 g/mol. The maximum Gasteiger partial charge on any atom is 0.0940 e. The van der Waals surface area contributed by atoms with Crippen LogP contribution >= 0.6 is 11.6 Å². The third-order valence-corrected chi connectivity index (χ3v) is 2.20. The number of H-pyrrole nitrogens is 1. The molecule has 2 aromatic rings. The first-order valence-corrected chi connectivity index (χ1v) is 4.53. The molecule has 0 fully saturated rings. The van der Waals surface area contributed by atoms with E-state index in [2.05, 4.69) is 15.2 Å². The lowest BCUT2D eigenvalue weighted by Gasteiger charge is -1.97. The van der Waals surface area contributed by atoms with E-state index >= 15 is 0 Å². The average molecular weight is 209 g/mol. The molecule has 0 radical (unpaired) electrons. The van der Waals surface area contributed by atoms with Crippen LogP contribution in [-0.2, 0) is 6.54 Å². The lowest BCUT2D eigenvalue weighted by atomic mass is 10.2. The van der Waals surface area contributed by atoms with E-state index in [1.165, 1.54) is 0 Å². The summed E-state index contributed by atoms with van der Waals surface area (Å²) in [7, 11) is 0. The molecule has 0 spiro atoms. The highest BCUT2D eigenvalue weighted by Gasteiger charge is 2.06. The van der Waals surface area contributed by atoms with Crippen molar-refractivity contribution < 1.29 is 0 Å². The first-order valence-electron chi connectivity index (χ1n) is 4.15. The molecule has 0 aromatic carbocycles. The summed E-state index contributed by atoms with van der Waals surface area (Å²) < 4.78 is 0. The van der Waals surface area contributed by atoms with Crippen LogP contribution < -0.4 is 5.73 Å². The van der Waals surface area contributed by atoms with Gasteiger partial charge in [-0.05, 0) is 12.1 Å². The van der Waals surface area contributed by atoms with Gasteiger partial charge < -0.3 is 5.73 Å². The molecule has 0 aliphatic carbocycles. The van der Waals surface area contributed by atoms with Crippen LogP contribution in [0, 0.1) is 0 Å². The van der Waals surface area contributed by atoms with Gasteiger partial charge >= 0.3 is 0 Å². The fraction of sp³-hybridized carbons (Fsp3) is 0.111. The number of aromatic amines is 1. The number of nitrogens with one attached hydrogen (secondary N) is 1. The summed E-state index contributed by atoms with van der Waals surface area (Å²) in [6.45, 7) is 0.440. The van der Waals surface area contributed by atoms with Crippen molar-refractivity contribution in [3.63, 3.8) is 0 Å². The maximum atomic E-state index is 5.96. The first kappa shape index (κ1) is 9.18. The molecule has 0 bridgehead atoms. The second-order valence-corrected chi connectivity index (χ2v) is 3.25. The third kappa shape index (κ3) is 1.62. The van der Waals surface area contributed by atoms with Crippen molar-refractivity contribution in [2.75, 3.05) is 0 Å². The van der Waals surface area contributed by atoms with Crippen molar-refractivity contribution in [1.82, 2.24) is 15.2 Å². The second kappa shape index (κ2) is 3.77. The van der Waals surface area contributed by atoms with Crippen molar-refractivity contribution in [2.45, 2.75) is 6.54 Å². The highest BCUT2D eigenvalue weighted by molar-refractivity contribution is 6.33. The van der Waals surface area contributed by atoms with Crippen LogP contribution in [-0.4, -0.2) is 15.2 Å². The number of aromatic nitrogens is 3. The van der Waals surface area contributed by atoms with Gasteiger partial charge in [0.1, 0.15) is 0 Å². The lowest BCUT2D eigenvalue weighted by Crippen LogP contribution is -1.95. The van der Waals surface area contributed by atoms with E-state index in [1.807, 2.05) is 12.1 Å². The molecule has 0 aliphatic heterocycles. The molecular formula is C9H9ClN4. The maximum absolute atomic E-state index is 5.96. The minimum absolute atomic E-state index is 0.440. The molecule has 0 amide bonds. The predicted octanol–water partition coefficient (Wildman–Crippen LogP) is 1.58. The number of hydrogen-bond acceptors (Lipinski definition) is 3. The minimum Gasteiger partial charge on any atom is -0.325 e. The van der Waals surface area contributed by atoms with Crippen LogP contribution in [0.3, 0.4) is 0 Å².